The summed E-state index contributed by atoms with van der Waals surface area (Å²) in [5.41, 5.74) is 4.60. The molecule has 35 heavy (non-hydrogen) atoms. The summed E-state index contributed by atoms with van der Waals surface area (Å²) in [5, 5.41) is 4.10. The number of para-hydroxylation sites is 2. The van der Waals surface area contributed by atoms with Gasteiger partial charge in [-0.05, 0) is 87.1 Å². The number of likely N-dealkylation sites (tertiary alicyclic amines) is 1. The van der Waals surface area contributed by atoms with Gasteiger partial charge in [0.1, 0.15) is 0 Å². The second kappa shape index (κ2) is 12.1. The number of anilines is 1. The largest absolute Gasteiger partial charge is 0.493 e. The van der Waals surface area contributed by atoms with Gasteiger partial charge in [-0.15, -0.1) is 0 Å². The van der Waals surface area contributed by atoms with Crippen molar-refractivity contribution in [3.05, 3.63) is 53.7 Å². The molecular weight excluding hydrogens is 438 g/mol. The Balaban J connectivity index is 1.46. The maximum Gasteiger partial charge on any atom is 0.417 e. The fraction of sp³-hybridized carbons (Fsp3) is 0.483. The molecule has 2 heterocycles. The molecule has 0 spiro atoms. The van der Waals surface area contributed by atoms with Gasteiger partial charge in [0.15, 0.2) is 11.5 Å². The van der Waals surface area contributed by atoms with Crippen molar-refractivity contribution < 1.29 is 14.3 Å². The number of unbranched alkanes of at least 4 members (excludes halogenated alkanes) is 3. The average molecular weight is 478 g/mol. The minimum atomic E-state index is -0.530. The van der Waals surface area contributed by atoms with Crippen molar-refractivity contribution in [1.29, 1.82) is 0 Å². The first-order valence-corrected chi connectivity index (χ1v) is 13.1. The molecule has 1 aliphatic heterocycles. The smallest absolute Gasteiger partial charge is 0.417 e. The van der Waals surface area contributed by atoms with E-state index in [0.29, 0.717) is 17.4 Å². The number of hydrogen-bond donors (Lipinski definition) is 2. The molecule has 0 atom stereocenters. The second-order valence-corrected chi connectivity index (χ2v) is 9.47. The standard InChI is InChI=1S/C29H39N3O3/c1-4-6-7-10-17-32-18-15-21(16-19-32)28-23-20-22(13-14-25(23)31-24(28)5-2)30-29(33)35-27-12-9-8-11-26(27)34-3/h8-9,11-14,20-21,31H,4-7,10,15-19H2,1-3H3,(H,30,33). The number of aromatic amines is 1. The number of hydrogen-bond acceptors (Lipinski definition) is 4. The van der Waals surface area contributed by atoms with Gasteiger partial charge in [-0.2, -0.15) is 0 Å². The molecule has 0 radical (unpaired) electrons. The molecule has 188 valence electrons. The van der Waals surface area contributed by atoms with E-state index in [-0.39, 0.29) is 0 Å². The molecule has 2 aromatic carbocycles. The number of ether oxygens (including phenoxy) is 2. The molecule has 0 aliphatic carbocycles. The Bertz CT molecular complexity index is 1120. The molecule has 6 nitrogen and oxygen atoms in total. The van der Waals surface area contributed by atoms with Crippen LogP contribution in [-0.4, -0.2) is 42.7 Å². The van der Waals surface area contributed by atoms with Crippen LogP contribution in [0.4, 0.5) is 10.5 Å². The number of carbonyl (C=O) groups excluding carboxylic acids is 1. The number of H-pyrrole nitrogens is 1. The Kier molecular flexibility index (Phi) is 8.69. The molecular formula is C29H39N3O3. The Morgan fingerprint density at radius 2 is 1.83 bits per heavy atom. The van der Waals surface area contributed by atoms with E-state index in [9.17, 15) is 4.79 Å². The fourth-order valence-electron chi connectivity index (χ4n) is 5.25. The van der Waals surface area contributed by atoms with Crippen molar-refractivity contribution in [1.82, 2.24) is 9.88 Å². The molecule has 1 aromatic heterocycles. The Hall–Kier alpha value is -2.99. The Labute approximate surface area is 209 Å². The maximum atomic E-state index is 12.6. The van der Waals surface area contributed by atoms with E-state index in [1.54, 1.807) is 19.2 Å². The van der Waals surface area contributed by atoms with Gasteiger partial charge in [0.05, 0.1) is 7.11 Å². The molecule has 1 amide bonds. The zero-order valence-corrected chi connectivity index (χ0v) is 21.4. The van der Waals surface area contributed by atoms with Gasteiger partial charge >= 0.3 is 6.09 Å². The number of aryl methyl sites for hydroxylation is 1. The van der Waals surface area contributed by atoms with Crippen molar-refractivity contribution in [3.63, 3.8) is 0 Å². The van der Waals surface area contributed by atoms with Crippen LogP contribution in [0.15, 0.2) is 42.5 Å². The van der Waals surface area contributed by atoms with E-state index in [1.807, 2.05) is 18.2 Å². The number of benzene rings is 2. The third-order valence-corrected chi connectivity index (χ3v) is 7.12. The summed E-state index contributed by atoms with van der Waals surface area (Å²) >= 11 is 0. The number of aromatic nitrogens is 1. The van der Waals surface area contributed by atoms with Gasteiger partial charge in [0.2, 0.25) is 0 Å². The predicted molar refractivity (Wildman–Crippen MR) is 143 cm³/mol. The number of piperidine rings is 1. The predicted octanol–water partition coefficient (Wildman–Crippen LogP) is 7.11. The van der Waals surface area contributed by atoms with Crippen molar-refractivity contribution in [2.24, 2.45) is 0 Å². The second-order valence-electron chi connectivity index (χ2n) is 9.47. The molecule has 4 rings (SSSR count). The lowest BCUT2D eigenvalue weighted by molar-refractivity contribution is 0.208. The van der Waals surface area contributed by atoms with Crippen LogP contribution in [0.1, 0.15) is 69.5 Å². The van der Waals surface area contributed by atoms with Crippen LogP contribution in [0.3, 0.4) is 0 Å². The molecule has 0 saturated carbocycles. The van der Waals surface area contributed by atoms with E-state index in [0.717, 1.165) is 30.7 Å². The van der Waals surface area contributed by atoms with Crippen LogP contribution in [0, 0.1) is 0 Å². The maximum absolute atomic E-state index is 12.6. The van der Waals surface area contributed by atoms with Gasteiger partial charge in [0, 0.05) is 22.3 Å². The molecule has 0 bridgehead atoms. The van der Waals surface area contributed by atoms with Gasteiger partial charge in [-0.1, -0.05) is 45.2 Å². The molecule has 3 aromatic rings. The van der Waals surface area contributed by atoms with Gasteiger partial charge in [-0.25, -0.2) is 4.79 Å². The highest BCUT2D eigenvalue weighted by atomic mass is 16.6. The summed E-state index contributed by atoms with van der Waals surface area (Å²) < 4.78 is 10.8. The van der Waals surface area contributed by atoms with Crippen LogP contribution in [0.25, 0.3) is 10.9 Å². The number of amides is 1. The minimum Gasteiger partial charge on any atom is -0.493 e. The fourth-order valence-corrected chi connectivity index (χ4v) is 5.25. The normalized spacial score (nSPS) is 14.8. The van der Waals surface area contributed by atoms with Crippen LogP contribution in [0.2, 0.25) is 0 Å². The first-order valence-electron chi connectivity index (χ1n) is 13.1. The number of carbonyl (C=O) groups is 1. The summed E-state index contributed by atoms with van der Waals surface area (Å²) in [6.45, 7) is 8.03. The van der Waals surface area contributed by atoms with Crippen LogP contribution in [0.5, 0.6) is 11.5 Å². The molecule has 1 fully saturated rings. The number of nitrogens with one attached hydrogen (secondary N) is 2. The van der Waals surface area contributed by atoms with Gasteiger partial charge in [0.25, 0.3) is 0 Å². The van der Waals surface area contributed by atoms with Gasteiger partial charge in [-0.3, -0.25) is 5.32 Å². The van der Waals surface area contributed by atoms with E-state index >= 15 is 0 Å². The molecule has 6 heteroatoms. The average Bonchev–Trinajstić information content (AvgIpc) is 3.25. The SMILES string of the molecule is CCCCCCN1CCC(c2c(CC)[nH]c3ccc(NC(=O)Oc4ccccc4OC)cc23)CC1. The van der Waals surface area contributed by atoms with E-state index < -0.39 is 6.09 Å². The molecule has 1 aliphatic rings. The number of nitrogens with zero attached hydrogens (tertiary/aromatic N) is 1. The zero-order valence-electron chi connectivity index (χ0n) is 21.4. The number of methoxy groups -OCH3 is 1. The summed E-state index contributed by atoms with van der Waals surface area (Å²) in [5.74, 6) is 1.46. The van der Waals surface area contributed by atoms with E-state index in [1.165, 1.54) is 61.7 Å². The number of fused-ring (bicyclic) bond motifs is 1. The summed E-state index contributed by atoms with van der Waals surface area (Å²) in [6, 6.07) is 13.2. The first-order chi connectivity index (χ1) is 17.1. The summed E-state index contributed by atoms with van der Waals surface area (Å²) in [4.78, 5) is 18.9. The quantitative estimate of drug-likeness (QED) is 0.305. The van der Waals surface area contributed by atoms with Crippen LogP contribution in [-0.2, 0) is 6.42 Å². The third kappa shape index (κ3) is 6.17. The monoisotopic (exact) mass is 477 g/mol. The van der Waals surface area contributed by atoms with Crippen molar-refractivity contribution in [3.8, 4) is 11.5 Å². The topological polar surface area (TPSA) is 66.6 Å². The van der Waals surface area contributed by atoms with Crippen molar-refractivity contribution in [2.45, 2.75) is 64.7 Å². The highest BCUT2D eigenvalue weighted by Gasteiger charge is 2.25. The first kappa shape index (κ1) is 25.1. The Morgan fingerprint density at radius 3 is 2.54 bits per heavy atom. The Morgan fingerprint density at radius 1 is 1.06 bits per heavy atom. The highest BCUT2D eigenvalue weighted by molar-refractivity contribution is 5.93. The van der Waals surface area contributed by atoms with Gasteiger partial charge < -0.3 is 19.4 Å². The molecule has 1 saturated heterocycles. The number of rotatable bonds is 10. The lowest BCUT2D eigenvalue weighted by Gasteiger charge is -2.32. The van der Waals surface area contributed by atoms with Crippen molar-refractivity contribution in [2.75, 3.05) is 32.1 Å². The minimum absolute atomic E-state index is 0.394. The summed E-state index contributed by atoms with van der Waals surface area (Å²) in [7, 11) is 1.56. The molecule has 0 unspecified atom stereocenters. The lowest BCUT2D eigenvalue weighted by atomic mass is 9.86. The van der Waals surface area contributed by atoms with E-state index in [2.05, 4.69) is 41.2 Å². The highest BCUT2D eigenvalue weighted by Crippen LogP contribution is 2.37. The van der Waals surface area contributed by atoms with E-state index in [4.69, 9.17) is 9.47 Å². The summed E-state index contributed by atoms with van der Waals surface area (Å²) in [6.07, 6.45) is 8.09. The zero-order chi connectivity index (χ0) is 24.6. The van der Waals surface area contributed by atoms with Crippen LogP contribution >= 0.6 is 0 Å². The molecule has 2 N–H and O–H groups in total. The van der Waals surface area contributed by atoms with Crippen molar-refractivity contribution >= 4 is 22.7 Å². The lowest BCUT2D eigenvalue weighted by Crippen LogP contribution is -2.33. The third-order valence-electron chi connectivity index (χ3n) is 7.12. The van der Waals surface area contributed by atoms with Crippen LogP contribution < -0.4 is 14.8 Å².